The SMILES string of the molecule is CCOc1ccc(-c2csc(NC(=O)Cc3ccc4c(c3)OCO4)n2)cc1. The van der Waals surface area contributed by atoms with Crippen molar-refractivity contribution in [3.8, 4) is 28.5 Å². The molecule has 0 saturated carbocycles. The van der Waals surface area contributed by atoms with Gasteiger partial charge in [0.15, 0.2) is 16.6 Å². The van der Waals surface area contributed by atoms with Gasteiger partial charge in [0.2, 0.25) is 12.7 Å². The molecule has 3 aromatic rings. The van der Waals surface area contributed by atoms with Crippen LogP contribution in [0, 0.1) is 0 Å². The molecule has 0 saturated heterocycles. The Morgan fingerprint density at radius 2 is 2.00 bits per heavy atom. The third-order valence-electron chi connectivity index (χ3n) is 4.01. The summed E-state index contributed by atoms with van der Waals surface area (Å²) in [7, 11) is 0. The molecule has 6 nitrogen and oxygen atoms in total. The normalized spacial score (nSPS) is 12.0. The van der Waals surface area contributed by atoms with E-state index in [2.05, 4.69) is 10.3 Å². The van der Waals surface area contributed by atoms with Crippen LogP contribution in [0.2, 0.25) is 0 Å². The molecule has 1 N–H and O–H groups in total. The number of hydrogen-bond acceptors (Lipinski definition) is 6. The van der Waals surface area contributed by atoms with Crippen LogP contribution in [0.25, 0.3) is 11.3 Å². The molecule has 1 aromatic heterocycles. The second-order valence-electron chi connectivity index (χ2n) is 5.91. The first kappa shape index (κ1) is 17.4. The van der Waals surface area contributed by atoms with Gasteiger partial charge in [-0.2, -0.15) is 0 Å². The van der Waals surface area contributed by atoms with Crippen LogP contribution < -0.4 is 19.5 Å². The van der Waals surface area contributed by atoms with Gasteiger partial charge in [0, 0.05) is 10.9 Å². The summed E-state index contributed by atoms with van der Waals surface area (Å²) in [5.74, 6) is 2.08. The summed E-state index contributed by atoms with van der Waals surface area (Å²) in [4.78, 5) is 16.8. The zero-order valence-electron chi connectivity index (χ0n) is 14.7. The number of ether oxygens (including phenoxy) is 3. The van der Waals surface area contributed by atoms with Crippen LogP contribution in [0.5, 0.6) is 17.2 Å². The van der Waals surface area contributed by atoms with Crippen LogP contribution in [0.4, 0.5) is 5.13 Å². The van der Waals surface area contributed by atoms with Crippen molar-refractivity contribution in [1.82, 2.24) is 4.98 Å². The molecule has 138 valence electrons. The number of nitrogens with one attached hydrogen (secondary N) is 1. The molecule has 0 unspecified atom stereocenters. The van der Waals surface area contributed by atoms with Crippen molar-refractivity contribution in [1.29, 1.82) is 0 Å². The van der Waals surface area contributed by atoms with E-state index in [9.17, 15) is 4.79 Å². The number of hydrogen-bond donors (Lipinski definition) is 1. The van der Waals surface area contributed by atoms with Crippen molar-refractivity contribution >= 4 is 22.4 Å². The van der Waals surface area contributed by atoms with Crippen LogP contribution in [-0.2, 0) is 11.2 Å². The number of thiazole rings is 1. The van der Waals surface area contributed by atoms with E-state index in [1.165, 1.54) is 11.3 Å². The number of benzene rings is 2. The Hall–Kier alpha value is -3.06. The van der Waals surface area contributed by atoms with E-state index < -0.39 is 0 Å². The maximum absolute atomic E-state index is 12.3. The first-order valence-corrected chi connectivity index (χ1v) is 9.46. The summed E-state index contributed by atoms with van der Waals surface area (Å²) in [6.07, 6.45) is 0.245. The predicted octanol–water partition coefficient (Wildman–Crippen LogP) is 4.12. The van der Waals surface area contributed by atoms with Gasteiger partial charge in [-0.25, -0.2) is 4.98 Å². The first-order chi connectivity index (χ1) is 13.2. The Morgan fingerprint density at radius 1 is 1.19 bits per heavy atom. The molecule has 2 aromatic carbocycles. The Morgan fingerprint density at radius 3 is 2.81 bits per heavy atom. The molecule has 0 fully saturated rings. The number of fused-ring (bicyclic) bond motifs is 1. The van der Waals surface area contributed by atoms with Gasteiger partial charge in [-0.1, -0.05) is 6.07 Å². The summed E-state index contributed by atoms with van der Waals surface area (Å²) in [5, 5.41) is 5.35. The van der Waals surface area contributed by atoms with E-state index in [1.807, 2.05) is 54.8 Å². The number of carbonyl (C=O) groups is 1. The Bertz CT molecular complexity index is 953. The van der Waals surface area contributed by atoms with Crippen molar-refractivity contribution in [3.63, 3.8) is 0 Å². The van der Waals surface area contributed by atoms with E-state index in [4.69, 9.17) is 14.2 Å². The molecule has 4 rings (SSSR count). The highest BCUT2D eigenvalue weighted by molar-refractivity contribution is 7.14. The summed E-state index contributed by atoms with van der Waals surface area (Å²) >= 11 is 1.40. The van der Waals surface area contributed by atoms with E-state index in [1.54, 1.807) is 0 Å². The third-order valence-corrected chi connectivity index (χ3v) is 4.77. The maximum atomic E-state index is 12.3. The molecule has 7 heteroatoms. The minimum atomic E-state index is -0.124. The lowest BCUT2D eigenvalue weighted by molar-refractivity contribution is -0.115. The quantitative estimate of drug-likeness (QED) is 0.694. The second kappa shape index (κ2) is 7.67. The van der Waals surface area contributed by atoms with Gasteiger partial charge in [-0.05, 0) is 48.9 Å². The van der Waals surface area contributed by atoms with Gasteiger partial charge in [0.1, 0.15) is 5.75 Å². The van der Waals surface area contributed by atoms with E-state index in [0.29, 0.717) is 23.2 Å². The van der Waals surface area contributed by atoms with E-state index in [0.717, 1.165) is 22.6 Å². The molecule has 0 atom stereocenters. The van der Waals surface area contributed by atoms with Gasteiger partial charge in [-0.15, -0.1) is 11.3 Å². The van der Waals surface area contributed by atoms with Crippen molar-refractivity contribution in [2.45, 2.75) is 13.3 Å². The fourth-order valence-corrected chi connectivity index (χ4v) is 3.49. The number of anilines is 1. The highest BCUT2D eigenvalue weighted by atomic mass is 32.1. The average Bonchev–Trinajstić information content (AvgIpc) is 3.31. The van der Waals surface area contributed by atoms with Gasteiger partial charge in [0.05, 0.1) is 18.7 Å². The minimum absolute atomic E-state index is 0.124. The molecule has 1 aliphatic heterocycles. The van der Waals surface area contributed by atoms with Crippen molar-refractivity contribution in [2.75, 3.05) is 18.7 Å². The largest absolute Gasteiger partial charge is 0.494 e. The van der Waals surface area contributed by atoms with Crippen LogP contribution in [0.15, 0.2) is 47.8 Å². The number of carbonyl (C=O) groups excluding carboxylic acids is 1. The van der Waals surface area contributed by atoms with Crippen LogP contribution in [-0.4, -0.2) is 24.3 Å². The smallest absolute Gasteiger partial charge is 0.231 e. The summed E-state index contributed by atoms with van der Waals surface area (Å²) < 4.78 is 16.1. The van der Waals surface area contributed by atoms with Gasteiger partial charge in [-0.3, -0.25) is 4.79 Å². The third kappa shape index (κ3) is 4.03. The minimum Gasteiger partial charge on any atom is -0.494 e. The zero-order valence-corrected chi connectivity index (χ0v) is 15.5. The van der Waals surface area contributed by atoms with Crippen molar-refractivity contribution in [3.05, 3.63) is 53.4 Å². The van der Waals surface area contributed by atoms with Crippen LogP contribution in [0.1, 0.15) is 12.5 Å². The maximum Gasteiger partial charge on any atom is 0.231 e. The standard InChI is InChI=1S/C20H18N2O4S/c1-2-24-15-6-4-14(5-7-15)16-11-27-20(21-16)22-19(23)10-13-3-8-17-18(9-13)26-12-25-17/h3-9,11H,2,10,12H2,1H3,(H,21,22,23). The molecule has 1 aliphatic rings. The Kier molecular flexibility index (Phi) is 4.93. The molecule has 1 amide bonds. The predicted molar refractivity (Wildman–Crippen MR) is 104 cm³/mol. The highest BCUT2D eigenvalue weighted by Crippen LogP contribution is 2.32. The van der Waals surface area contributed by atoms with E-state index in [-0.39, 0.29) is 19.1 Å². The van der Waals surface area contributed by atoms with Gasteiger partial charge < -0.3 is 19.5 Å². The fraction of sp³-hybridized carbons (Fsp3) is 0.200. The van der Waals surface area contributed by atoms with Crippen LogP contribution >= 0.6 is 11.3 Å². The topological polar surface area (TPSA) is 69.7 Å². The van der Waals surface area contributed by atoms with Gasteiger partial charge in [0.25, 0.3) is 0 Å². The molecule has 27 heavy (non-hydrogen) atoms. The summed E-state index contributed by atoms with van der Waals surface area (Å²) in [5.41, 5.74) is 2.66. The fourth-order valence-electron chi connectivity index (χ4n) is 2.75. The number of aromatic nitrogens is 1. The lowest BCUT2D eigenvalue weighted by Gasteiger charge is -2.04. The van der Waals surface area contributed by atoms with Gasteiger partial charge >= 0.3 is 0 Å². The number of nitrogens with zero attached hydrogens (tertiary/aromatic N) is 1. The molecule has 0 spiro atoms. The molecule has 0 bridgehead atoms. The molecule has 2 heterocycles. The first-order valence-electron chi connectivity index (χ1n) is 8.58. The summed E-state index contributed by atoms with van der Waals surface area (Å²) in [6, 6.07) is 13.2. The Labute approximate surface area is 160 Å². The monoisotopic (exact) mass is 382 g/mol. The summed E-state index contributed by atoms with van der Waals surface area (Å²) in [6.45, 7) is 2.81. The van der Waals surface area contributed by atoms with Crippen molar-refractivity contribution < 1.29 is 19.0 Å². The zero-order chi connectivity index (χ0) is 18.6. The number of rotatable bonds is 6. The molecular formula is C20H18N2O4S. The van der Waals surface area contributed by atoms with Crippen molar-refractivity contribution in [2.24, 2.45) is 0 Å². The molecule has 0 aliphatic carbocycles. The molecule has 0 radical (unpaired) electrons. The van der Waals surface area contributed by atoms with Crippen LogP contribution in [0.3, 0.4) is 0 Å². The lowest BCUT2D eigenvalue weighted by atomic mass is 10.1. The lowest BCUT2D eigenvalue weighted by Crippen LogP contribution is -2.14. The highest BCUT2D eigenvalue weighted by Gasteiger charge is 2.15. The molecular weight excluding hydrogens is 364 g/mol. The number of amides is 1. The van der Waals surface area contributed by atoms with E-state index >= 15 is 0 Å². The Balaban J connectivity index is 1.39. The second-order valence-corrected chi connectivity index (χ2v) is 6.77. The average molecular weight is 382 g/mol.